The van der Waals surface area contributed by atoms with E-state index in [0.717, 1.165) is 38.8 Å². The first-order chi connectivity index (χ1) is 7.69. The third-order valence-corrected chi connectivity index (χ3v) is 3.66. The highest BCUT2D eigenvalue weighted by molar-refractivity contribution is 5.77. The smallest absolute Gasteiger partial charge is 0.223 e. The maximum Gasteiger partial charge on any atom is 0.223 e. The fourth-order valence-corrected chi connectivity index (χ4v) is 2.38. The molecule has 2 atom stereocenters. The predicted octanol–water partition coefficient (Wildman–Crippen LogP) is 2.15. The lowest BCUT2D eigenvalue weighted by Gasteiger charge is -2.25. The first kappa shape index (κ1) is 13.5. The van der Waals surface area contributed by atoms with Crippen LogP contribution in [-0.4, -0.2) is 29.9 Å². The van der Waals surface area contributed by atoms with E-state index in [-0.39, 0.29) is 0 Å². The Balaban J connectivity index is 2.41. The summed E-state index contributed by atoms with van der Waals surface area (Å²) in [4.78, 5) is 14.2. The van der Waals surface area contributed by atoms with Crippen LogP contribution < -0.4 is 5.73 Å². The molecule has 1 heterocycles. The maximum absolute atomic E-state index is 12.1. The van der Waals surface area contributed by atoms with Crippen LogP contribution in [-0.2, 0) is 4.79 Å². The normalized spacial score (nSPS) is 22.4. The molecule has 3 nitrogen and oxygen atoms in total. The number of carbonyl (C=O) groups is 1. The van der Waals surface area contributed by atoms with Gasteiger partial charge in [-0.1, -0.05) is 20.3 Å². The SMILES string of the molecule is CCC(C)CC(=O)N1CCCC1CCCN. The number of likely N-dealkylation sites (tertiary alicyclic amines) is 1. The lowest BCUT2D eigenvalue weighted by atomic mass is 10.0. The van der Waals surface area contributed by atoms with Gasteiger partial charge >= 0.3 is 0 Å². The molecular formula is C13H26N2O. The summed E-state index contributed by atoms with van der Waals surface area (Å²) in [6, 6.07) is 0.472. The molecule has 0 aromatic carbocycles. The van der Waals surface area contributed by atoms with Crippen LogP contribution in [0.25, 0.3) is 0 Å². The van der Waals surface area contributed by atoms with Crippen molar-refractivity contribution in [3.63, 3.8) is 0 Å². The summed E-state index contributed by atoms with van der Waals surface area (Å²) in [5, 5.41) is 0. The predicted molar refractivity (Wildman–Crippen MR) is 67.1 cm³/mol. The van der Waals surface area contributed by atoms with Gasteiger partial charge in [0.2, 0.25) is 5.91 Å². The molecule has 0 aromatic heterocycles. The minimum atomic E-state index is 0.355. The van der Waals surface area contributed by atoms with E-state index in [1.807, 2.05) is 0 Å². The molecule has 0 aliphatic carbocycles. The molecule has 16 heavy (non-hydrogen) atoms. The van der Waals surface area contributed by atoms with Gasteiger partial charge in [0.15, 0.2) is 0 Å². The number of nitrogens with two attached hydrogens (primary N) is 1. The largest absolute Gasteiger partial charge is 0.340 e. The Labute approximate surface area is 99.4 Å². The Morgan fingerprint density at radius 1 is 1.56 bits per heavy atom. The van der Waals surface area contributed by atoms with E-state index in [1.165, 1.54) is 12.8 Å². The Hall–Kier alpha value is -0.570. The third kappa shape index (κ3) is 3.78. The summed E-state index contributed by atoms with van der Waals surface area (Å²) < 4.78 is 0. The molecule has 2 N–H and O–H groups in total. The molecule has 0 aromatic rings. The number of hydrogen-bond acceptors (Lipinski definition) is 2. The zero-order valence-corrected chi connectivity index (χ0v) is 10.7. The third-order valence-electron chi connectivity index (χ3n) is 3.66. The minimum Gasteiger partial charge on any atom is -0.340 e. The van der Waals surface area contributed by atoms with E-state index in [9.17, 15) is 4.79 Å². The number of hydrogen-bond donors (Lipinski definition) is 1. The van der Waals surface area contributed by atoms with Crippen molar-refractivity contribution in [2.24, 2.45) is 11.7 Å². The second-order valence-electron chi connectivity index (χ2n) is 5.03. The van der Waals surface area contributed by atoms with E-state index in [1.54, 1.807) is 0 Å². The first-order valence-electron chi connectivity index (χ1n) is 6.68. The highest BCUT2D eigenvalue weighted by atomic mass is 16.2. The molecule has 0 bridgehead atoms. The van der Waals surface area contributed by atoms with Crippen LogP contribution in [0.3, 0.4) is 0 Å². The molecule has 0 radical (unpaired) electrons. The van der Waals surface area contributed by atoms with Crippen molar-refractivity contribution < 1.29 is 4.79 Å². The van der Waals surface area contributed by atoms with Crippen molar-refractivity contribution in [1.29, 1.82) is 0 Å². The van der Waals surface area contributed by atoms with Crippen molar-refractivity contribution in [3.8, 4) is 0 Å². The van der Waals surface area contributed by atoms with E-state index in [4.69, 9.17) is 5.73 Å². The molecule has 2 unspecified atom stereocenters. The molecule has 94 valence electrons. The van der Waals surface area contributed by atoms with Gasteiger partial charge in [-0.05, 0) is 38.1 Å². The summed E-state index contributed by atoms with van der Waals surface area (Å²) >= 11 is 0. The summed E-state index contributed by atoms with van der Waals surface area (Å²) in [6.07, 6.45) is 6.27. The van der Waals surface area contributed by atoms with Crippen molar-refractivity contribution in [2.75, 3.05) is 13.1 Å². The minimum absolute atomic E-state index is 0.355. The highest BCUT2D eigenvalue weighted by Crippen LogP contribution is 2.23. The van der Waals surface area contributed by atoms with E-state index >= 15 is 0 Å². The molecule has 1 amide bonds. The molecule has 1 aliphatic rings. The maximum atomic E-state index is 12.1. The van der Waals surface area contributed by atoms with Crippen molar-refractivity contribution >= 4 is 5.91 Å². The average molecular weight is 226 g/mol. The van der Waals surface area contributed by atoms with Crippen LogP contribution in [0.5, 0.6) is 0 Å². The molecule has 0 saturated carbocycles. The molecule has 1 fully saturated rings. The molecule has 1 aliphatic heterocycles. The zero-order chi connectivity index (χ0) is 12.0. The second kappa shape index (κ2) is 6.89. The molecule has 0 spiro atoms. The quantitative estimate of drug-likeness (QED) is 0.754. The van der Waals surface area contributed by atoms with Crippen LogP contribution >= 0.6 is 0 Å². The standard InChI is InChI=1S/C13H26N2O/c1-3-11(2)10-13(16)15-9-5-7-12(15)6-4-8-14/h11-12H,3-10,14H2,1-2H3. The van der Waals surface area contributed by atoms with E-state index in [2.05, 4.69) is 18.7 Å². The molecule has 1 rings (SSSR count). The van der Waals surface area contributed by atoms with Crippen LogP contribution in [0.2, 0.25) is 0 Å². The van der Waals surface area contributed by atoms with Gasteiger partial charge in [0.05, 0.1) is 0 Å². The van der Waals surface area contributed by atoms with Gasteiger partial charge in [-0.2, -0.15) is 0 Å². The summed E-state index contributed by atoms with van der Waals surface area (Å²) in [5.41, 5.74) is 5.53. The van der Waals surface area contributed by atoms with Crippen LogP contribution in [0.1, 0.15) is 52.4 Å². The van der Waals surface area contributed by atoms with Gasteiger partial charge in [-0.3, -0.25) is 4.79 Å². The van der Waals surface area contributed by atoms with Crippen molar-refractivity contribution in [3.05, 3.63) is 0 Å². The van der Waals surface area contributed by atoms with Crippen LogP contribution in [0.4, 0.5) is 0 Å². The van der Waals surface area contributed by atoms with Gasteiger partial charge in [-0.15, -0.1) is 0 Å². The Morgan fingerprint density at radius 3 is 2.94 bits per heavy atom. The van der Waals surface area contributed by atoms with Gasteiger partial charge in [0.25, 0.3) is 0 Å². The molecule has 3 heteroatoms. The van der Waals surface area contributed by atoms with Gasteiger partial charge in [0, 0.05) is 19.0 Å². The van der Waals surface area contributed by atoms with Crippen molar-refractivity contribution in [1.82, 2.24) is 4.90 Å². The summed E-state index contributed by atoms with van der Waals surface area (Å²) in [5.74, 6) is 0.872. The second-order valence-corrected chi connectivity index (χ2v) is 5.03. The number of rotatable bonds is 6. The zero-order valence-electron chi connectivity index (χ0n) is 10.7. The summed E-state index contributed by atoms with van der Waals surface area (Å²) in [7, 11) is 0. The first-order valence-corrected chi connectivity index (χ1v) is 6.68. The van der Waals surface area contributed by atoms with Gasteiger partial charge in [0.1, 0.15) is 0 Å². The van der Waals surface area contributed by atoms with E-state index in [0.29, 0.717) is 17.9 Å². The number of carbonyl (C=O) groups excluding carboxylic acids is 1. The topological polar surface area (TPSA) is 46.3 Å². The Bertz CT molecular complexity index is 218. The summed E-state index contributed by atoms with van der Waals surface area (Å²) in [6.45, 7) is 6.01. The van der Waals surface area contributed by atoms with Crippen molar-refractivity contribution in [2.45, 2.75) is 58.4 Å². The fraction of sp³-hybridized carbons (Fsp3) is 0.923. The van der Waals surface area contributed by atoms with Crippen LogP contribution in [0, 0.1) is 5.92 Å². The number of nitrogens with zero attached hydrogens (tertiary/aromatic N) is 1. The highest BCUT2D eigenvalue weighted by Gasteiger charge is 2.28. The lowest BCUT2D eigenvalue weighted by molar-refractivity contribution is -0.133. The molecule has 1 saturated heterocycles. The fourth-order valence-electron chi connectivity index (χ4n) is 2.38. The lowest BCUT2D eigenvalue weighted by Crippen LogP contribution is -2.36. The average Bonchev–Trinajstić information content (AvgIpc) is 2.74. The Kier molecular flexibility index (Phi) is 5.81. The monoisotopic (exact) mass is 226 g/mol. The van der Waals surface area contributed by atoms with Gasteiger partial charge < -0.3 is 10.6 Å². The van der Waals surface area contributed by atoms with Gasteiger partial charge in [-0.25, -0.2) is 0 Å². The number of amides is 1. The van der Waals surface area contributed by atoms with E-state index < -0.39 is 0 Å². The molecular weight excluding hydrogens is 200 g/mol. The Morgan fingerprint density at radius 2 is 2.31 bits per heavy atom. The van der Waals surface area contributed by atoms with Crippen LogP contribution in [0.15, 0.2) is 0 Å².